The van der Waals surface area contributed by atoms with E-state index in [1.807, 2.05) is 0 Å². The number of hydrogen-bond acceptors (Lipinski definition) is 6. The van der Waals surface area contributed by atoms with Gasteiger partial charge in [-0.2, -0.15) is 0 Å². The average molecular weight is 362 g/mol. The van der Waals surface area contributed by atoms with Crippen LogP contribution < -0.4 is 5.56 Å². The smallest absolute Gasteiger partial charge is 0.342 e. The Morgan fingerprint density at radius 2 is 1.78 bits per heavy atom. The summed E-state index contributed by atoms with van der Waals surface area (Å²) in [7, 11) is 0. The van der Waals surface area contributed by atoms with Crippen LogP contribution in [-0.2, 0) is 11.3 Å². The van der Waals surface area contributed by atoms with E-state index in [2.05, 4.69) is 4.98 Å². The van der Waals surface area contributed by atoms with Gasteiger partial charge in [0.25, 0.3) is 5.56 Å². The number of phenolic OH excluding ortho intramolecular Hbond substituents is 2. The first-order valence-electron chi connectivity index (χ1n) is 8.13. The van der Waals surface area contributed by atoms with Gasteiger partial charge in [-0.15, -0.1) is 0 Å². The minimum Gasteiger partial charge on any atom is -0.507 e. The molecule has 2 aromatic carbocycles. The molecule has 0 aliphatic heterocycles. The second-order valence-corrected chi connectivity index (χ2v) is 5.93. The summed E-state index contributed by atoms with van der Waals surface area (Å²) in [5.41, 5.74) is 0.257. The molecular formula is C20H14N2O5. The molecule has 0 saturated heterocycles. The van der Waals surface area contributed by atoms with Crippen LogP contribution in [0.2, 0.25) is 0 Å². The molecule has 2 heterocycles. The van der Waals surface area contributed by atoms with Crippen molar-refractivity contribution in [1.82, 2.24) is 9.38 Å². The van der Waals surface area contributed by atoms with Crippen LogP contribution in [0, 0.1) is 0 Å². The van der Waals surface area contributed by atoms with Crippen molar-refractivity contribution in [2.75, 3.05) is 0 Å². The fourth-order valence-electron chi connectivity index (χ4n) is 2.89. The lowest BCUT2D eigenvalue weighted by Gasteiger charge is -2.10. The van der Waals surface area contributed by atoms with Crippen LogP contribution in [0.5, 0.6) is 11.5 Å². The van der Waals surface area contributed by atoms with Gasteiger partial charge in [0.1, 0.15) is 29.3 Å². The van der Waals surface area contributed by atoms with Gasteiger partial charge in [0.15, 0.2) is 0 Å². The predicted molar refractivity (Wildman–Crippen MR) is 97.9 cm³/mol. The molecule has 0 bridgehead atoms. The molecule has 0 spiro atoms. The minimum atomic E-state index is -0.830. The predicted octanol–water partition coefficient (Wildman–Crippen LogP) is 2.62. The number of ether oxygens (including phenoxy) is 1. The number of phenols is 2. The Bertz CT molecular complexity index is 1250. The lowest BCUT2D eigenvalue weighted by Crippen LogP contribution is -2.16. The van der Waals surface area contributed by atoms with Crippen LogP contribution in [0.3, 0.4) is 0 Å². The zero-order chi connectivity index (χ0) is 19.0. The molecular weight excluding hydrogens is 348 g/mol. The molecule has 4 aromatic rings. The number of carbonyl (C=O) groups excluding carboxylic acids is 1. The van der Waals surface area contributed by atoms with Gasteiger partial charge in [0.2, 0.25) is 0 Å². The molecule has 4 rings (SSSR count). The van der Waals surface area contributed by atoms with Crippen molar-refractivity contribution in [1.29, 1.82) is 0 Å². The van der Waals surface area contributed by atoms with E-state index in [1.54, 1.807) is 48.7 Å². The first kappa shape index (κ1) is 16.6. The van der Waals surface area contributed by atoms with Crippen LogP contribution in [0.4, 0.5) is 0 Å². The molecule has 2 aromatic heterocycles. The largest absolute Gasteiger partial charge is 0.507 e. The van der Waals surface area contributed by atoms with Crippen LogP contribution >= 0.6 is 0 Å². The Morgan fingerprint density at radius 3 is 2.59 bits per heavy atom. The number of benzene rings is 2. The number of nitrogens with zero attached hydrogens (tertiary/aromatic N) is 2. The number of aromatic hydroxyl groups is 2. The second-order valence-electron chi connectivity index (χ2n) is 5.93. The van der Waals surface area contributed by atoms with Crippen molar-refractivity contribution in [3.8, 4) is 11.5 Å². The van der Waals surface area contributed by atoms with Crippen molar-refractivity contribution in [3.63, 3.8) is 0 Å². The first-order valence-corrected chi connectivity index (χ1v) is 8.13. The third-order valence-corrected chi connectivity index (χ3v) is 4.19. The Labute approximate surface area is 152 Å². The summed E-state index contributed by atoms with van der Waals surface area (Å²) in [4.78, 5) is 28.7. The third kappa shape index (κ3) is 2.95. The van der Waals surface area contributed by atoms with Crippen molar-refractivity contribution in [2.45, 2.75) is 6.61 Å². The topological polar surface area (TPSA) is 101 Å². The maximum atomic E-state index is 12.4. The number of pyridine rings is 1. The molecule has 0 fully saturated rings. The second kappa shape index (κ2) is 6.45. The maximum Gasteiger partial charge on any atom is 0.342 e. The SMILES string of the molecule is O=C(OCc1cc(=O)n2ccccc2n1)c1cc(O)c2ccccc2c1O. The Balaban J connectivity index is 1.63. The highest BCUT2D eigenvalue weighted by molar-refractivity contribution is 6.03. The highest BCUT2D eigenvalue weighted by atomic mass is 16.5. The van der Waals surface area contributed by atoms with E-state index in [1.165, 1.54) is 10.5 Å². The summed E-state index contributed by atoms with van der Waals surface area (Å²) in [6.45, 7) is -0.244. The van der Waals surface area contributed by atoms with Crippen molar-refractivity contribution in [2.24, 2.45) is 0 Å². The lowest BCUT2D eigenvalue weighted by molar-refractivity contribution is 0.0464. The fraction of sp³-hybridized carbons (Fsp3) is 0.0500. The van der Waals surface area contributed by atoms with E-state index < -0.39 is 5.97 Å². The summed E-state index contributed by atoms with van der Waals surface area (Å²) in [5.74, 6) is -1.25. The number of rotatable bonds is 3. The average Bonchev–Trinajstić information content (AvgIpc) is 2.69. The molecule has 7 nitrogen and oxygen atoms in total. The van der Waals surface area contributed by atoms with Crippen LogP contribution in [0.15, 0.2) is 65.6 Å². The van der Waals surface area contributed by atoms with Gasteiger partial charge in [-0.25, -0.2) is 9.78 Å². The zero-order valence-corrected chi connectivity index (χ0v) is 14.0. The van der Waals surface area contributed by atoms with Gasteiger partial charge in [-0.3, -0.25) is 9.20 Å². The van der Waals surface area contributed by atoms with Crippen molar-refractivity contribution < 1.29 is 19.7 Å². The summed E-state index contributed by atoms with van der Waals surface area (Å²) < 4.78 is 6.56. The summed E-state index contributed by atoms with van der Waals surface area (Å²) in [6.07, 6.45) is 1.59. The summed E-state index contributed by atoms with van der Waals surface area (Å²) in [5, 5.41) is 21.2. The molecule has 27 heavy (non-hydrogen) atoms. The van der Waals surface area contributed by atoms with Gasteiger partial charge in [-0.05, 0) is 18.2 Å². The molecule has 0 atom stereocenters. The number of carbonyl (C=O) groups is 1. The van der Waals surface area contributed by atoms with E-state index in [0.29, 0.717) is 16.4 Å². The van der Waals surface area contributed by atoms with E-state index >= 15 is 0 Å². The number of fused-ring (bicyclic) bond motifs is 2. The van der Waals surface area contributed by atoms with Crippen LogP contribution in [0.25, 0.3) is 16.4 Å². The van der Waals surface area contributed by atoms with Crippen molar-refractivity contribution >= 4 is 22.4 Å². The zero-order valence-electron chi connectivity index (χ0n) is 14.0. The molecule has 0 unspecified atom stereocenters. The molecule has 0 saturated carbocycles. The normalized spacial score (nSPS) is 11.0. The molecule has 134 valence electrons. The van der Waals surface area contributed by atoms with Crippen molar-refractivity contribution in [3.05, 3.63) is 82.4 Å². The highest BCUT2D eigenvalue weighted by Crippen LogP contribution is 2.35. The lowest BCUT2D eigenvalue weighted by atomic mass is 10.0. The van der Waals surface area contributed by atoms with Crippen LogP contribution in [0.1, 0.15) is 16.1 Å². The maximum absolute atomic E-state index is 12.4. The third-order valence-electron chi connectivity index (χ3n) is 4.19. The molecule has 2 N–H and O–H groups in total. The standard InChI is InChI=1S/C20H14N2O5/c23-16-10-15(19(25)14-6-2-1-5-13(14)16)20(26)27-11-12-9-18(24)22-8-4-3-7-17(22)21-12/h1-10,23,25H,11H2. The van der Waals surface area contributed by atoms with Gasteiger partial charge in [-0.1, -0.05) is 30.3 Å². The monoisotopic (exact) mass is 362 g/mol. The highest BCUT2D eigenvalue weighted by Gasteiger charge is 2.18. The van der Waals surface area contributed by atoms with E-state index in [0.717, 1.165) is 6.07 Å². The molecule has 0 aliphatic rings. The number of hydrogen-bond donors (Lipinski definition) is 2. The number of esters is 1. The number of aromatic nitrogens is 2. The quantitative estimate of drug-likeness (QED) is 0.429. The summed E-state index contributed by atoms with van der Waals surface area (Å²) >= 11 is 0. The molecule has 7 heteroatoms. The van der Waals surface area contributed by atoms with E-state index in [4.69, 9.17) is 4.74 Å². The van der Waals surface area contributed by atoms with Gasteiger partial charge in [0, 0.05) is 23.0 Å². The van der Waals surface area contributed by atoms with Crippen LogP contribution in [-0.4, -0.2) is 25.6 Å². The van der Waals surface area contributed by atoms with Gasteiger partial charge >= 0.3 is 5.97 Å². The van der Waals surface area contributed by atoms with Gasteiger partial charge in [0.05, 0.1) is 5.69 Å². The Morgan fingerprint density at radius 1 is 1.04 bits per heavy atom. The molecule has 0 aliphatic carbocycles. The fourth-order valence-corrected chi connectivity index (χ4v) is 2.89. The summed E-state index contributed by atoms with van der Waals surface area (Å²) in [6, 6.07) is 14.2. The Hall–Kier alpha value is -3.87. The minimum absolute atomic E-state index is 0.141. The Kier molecular flexibility index (Phi) is 3.97. The van der Waals surface area contributed by atoms with E-state index in [9.17, 15) is 19.8 Å². The van der Waals surface area contributed by atoms with Gasteiger partial charge < -0.3 is 14.9 Å². The molecule has 0 radical (unpaired) electrons. The molecule has 0 amide bonds. The first-order chi connectivity index (χ1) is 13.0. The van der Waals surface area contributed by atoms with E-state index in [-0.39, 0.29) is 34.9 Å².